The fourth-order valence-electron chi connectivity index (χ4n) is 1.55. The lowest BCUT2D eigenvalue weighted by molar-refractivity contribution is 0.205. The molecule has 0 bridgehead atoms. The van der Waals surface area contributed by atoms with Crippen molar-refractivity contribution in [3.05, 3.63) is 35.0 Å². The Labute approximate surface area is 111 Å². The van der Waals surface area contributed by atoms with Gasteiger partial charge in [-0.15, -0.1) is 6.58 Å². The highest BCUT2D eigenvalue weighted by molar-refractivity contribution is 9.10. The van der Waals surface area contributed by atoms with Crippen LogP contribution < -0.4 is 10.6 Å². The average Bonchev–Trinajstić information content (AvgIpc) is 2.34. The van der Waals surface area contributed by atoms with E-state index in [1.54, 1.807) is 13.3 Å². The first-order valence-electron chi connectivity index (χ1n) is 5.42. The number of methoxy groups -OCH3 is 1. The zero-order valence-electron chi connectivity index (χ0n) is 10.0. The van der Waals surface area contributed by atoms with Crippen LogP contribution in [0.25, 0.3) is 0 Å². The van der Waals surface area contributed by atoms with E-state index in [2.05, 4.69) is 32.4 Å². The summed E-state index contributed by atoms with van der Waals surface area (Å²) in [4.78, 5) is 6.52. The van der Waals surface area contributed by atoms with Gasteiger partial charge < -0.3 is 15.4 Å². The SMILES string of the molecule is C=CCN(CCOC)c1ncc(Br)cc1CN. The first-order chi connectivity index (χ1) is 8.22. The smallest absolute Gasteiger partial charge is 0.133 e. The zero-order valence-corrected chi connectivity index (χ0v) is 11.6. The maximum atomic E-state index is 5.74. The molecular formula is C12H18BrN3O. The summed E-state index contributed by atoms with van der Waals surface area (Å²) < 4.78 is 6.03. The van der Waals surface area contributed by atoms with Crippen molar-refractivity contribution in [3.63, 3.8) is 0 Å². The third-order valence-electron chi connectivity index (χ3n) is 2.34. The molecule has 0 aromatic carbocycles. The van der Waals surface area contributed by atoms with E-state index in [0.29, 0.717) is 13.2 Å². The van der Waals surface area contributed by atoms with Crippen LogP contribution in [0.4, 0.5) is 5.82 Å². The molecule has 1 aromatic heterocycles. The quantitative estimate of drug-likeness (QED) is 0.782. The summed E-state index contributed by atoms with van der Waals surface area (Å²) in [5.41, 5.74) is 6.75. The summed E-state index contributed by atoms with van der Waals surface area (Å²) in [5.74, 6) is 0.896. The van der Waals surface area contributed by atoms with Gasteiger partial charge in [0.1, 0.15) is 5.82 Å². The fraction of sp³-hybridized carbons (Fsp3) is 0.417. The molecule has 0 saturated heterocycles. The van der Waals surface area contributed by atoms with Crippen molar-refractivity contribution in [3.8, 4) is 0 Å². The number of anilines is 1. The molecule has 1 heterocycles. The number of rotatable bonds is 7. The fourth-order valence-corrected chi connectivity index (χ4v) is 1.93. The molecule has 0 aliphatic heterocycles. The molecule has 0 radical (unpaired) electrons. The van der Waals surface area contributed by atoms with Gasteiger partial charge in [-0.2, -0.15) is 0 Å². The number of hydrogen-bond acceptors (Lipinski definition) is 4. The molecule has 0 aliphatic rings. The molecule has 0 aliphatic carbocycles. The van der Waals surface area contributed by atoms with Crippen LogP contribution in [0.5, 0.6) is 0 Å². The first kappa shape index (κ1) is 14.2. The predicted octanol–water partition coefficient (Wildman–Crippen LogP) is 1.94. The Balaban J connectivity index is 2.95. The predicted molar refractivity (Wildman–Crippen MR) is 74.1 cm³/mol. The molecule has 1 aromatic rings. The van der Waals surface area contributed by atoms with Gasteiger partial charge in [0.15, 0.2) is 0 Å². The summed E-state index contributed by atoms with van der Waals surface area (Å²) in [6, 6.07) is 1.99. The number of nitrogens with two attached hydrogens (primary N) is 1. The van der Waals surface area contributed by atoms with Crippen LogP contribution in [0, 0.1) is 0 Å². The highest BCUT2D eigenvalue weighted by Crippen LogP contribution is 2.21. The number of pyridine rings is 1. The van der Waals surface area contributed by atoms with Crippen LogP contribution in [0.3, 0.4) is 0 Å². The Hall–Kier alpha value is -0.910. The summed E-state index contributed by atoms with van der Waals surface area (Å²) >= 11 is 3.40. The summed E-state index contributed by atoms with van der Waals surface area (Å²) in [6.07, 6.45) is 3.62. The van der Waals surface area contributed by atoms with Crippen molar-refractivity contribution in [2.75, 3.05) is 31.7 Å². The second kappa shape index (κ2) is 7.42. The topological polar surface area (TPSA) is 51.4 Å². The van der Waals surface area contributed by atoms with E-state index in [-0.39, 0.29) is 0 Å². The molecule has 0 saturated carbocycles. The minimum atomic E-state index is 0.461. The van der Waals surface area contributed by atoms with Crippen molar-refractivity contribution in [2.45, 2.75) is 6.54 Å². The largest absolute Gasteiger partial charge is 0.383 e. The van der Waals surface area contributed by atoms with Crippen molar-refractivity contribution in [2.24, 2.45) is 5.73 Å². The second-order valence-corrected chi connectivity index (χ2v) is 4.48. The molecule has 0 amide bonds. The Bertz CT molecular complexity index is 371. The van der Waals surface area contributed by atoms with E-state index in [9.17, 15) is 0 Å². The van der Waals surface area contributed by atoms with Crippen molar-refractivity contribution in [1.29, 1.82) is 0 Å². The Kier molecular flexibility index (Phi) is 6.18. The van der Waals surface area contributed by atoms with Gasteiger partial charge >= 0.3 is 0 Å². The third kappa shape index (κ3) is 4.11. The maximum absolute atomic E-state index is 5.74. The number of hydrogen-bond donors (Lipinski definition) is 1. The molecule has 4 nitrogen and oxygen atoms in total. The Morgan fingerprint density at radius 1 is 1.65 bits per heavy atom. The van der Waals surface area contributed by atoms with Gasteiger partial charge in [0.25, 0.3) is 0 Å². The van der Waals surface area contributed by atoms with Gasteiger partial charge in [0.2, 0.25) is 0 Å². The number of nitrogens with zero attached hydrogens (tertiary/aromatic N) is 2. The van der Waals surface area contributed by atoms with Crippen molar-refractivity contribution in [1.82, 2.24) is 4.98 Å². The van der Waals surface area contributed by atoms with Crippen LogP contribution >= 0.6 is 15.9 Å². The first-order valence-corrected chi connectivity index (χ1v) is 6.21. The highest BCUT2D eigenvalue weighted by Gasteiger charge is 2.11. The van der Waals surface area contributed by atoms with E-state index in [1.807, 2.05) is 12.1 Å². The number of ether oxygens (including phenoxy) is 1. The van der Waals surface area contributed by atoms with Gasteiger partial charge in [-0.05, 0) is 22.0 Å². The van der Waals surface area contributed by atoms with E-state index in [0.717, 1.165) is 28.9 Å². The molecule has 94 valence electrons. The Morgan fingerprint density at radius 3 is 3.00 bits per heavy atom. The molecular weight excluding hydrogens is 282 g/mol. The van der Waals surface area contributed by atoms with Crippen molar-refractivity contribution < 1.29 is 4.74 Å². The van der Waals surface area contributed by atoms with Gasteiger partial charge in [0, 0.05) is 43.0 Å². The van der Waals surface area contributed by atoms with E-state index in [4.69, 9.17) is 10.5 Å². The molecule has 0 spiro atoms. The lowest BCUT2D eigenvalue weighted by Crippen LogP contribution is -2.29. The lowest BCUT2D eigenvalue weighted by atomic mass is 10.2. The molecule has 0 atom stereocenters. The lowest BCUT2D eigenvalue weighted by Gasteiger charge is -2.24. The van der Waals surface area contributed by atoms with Gasteiger partial charge in [-0.3, -0.25) is 0 Å². The normalized spacial score (nSPS) is 10.3. The maximum Gasteiger partial charge on any atom is 0.133 e. The number of aromatic nitrogens is 1. The standard InChI is InChI=1S/C12H18BrN3O/c1-3-4-16(5-6-17-2)12-10(8-14)7-11(13)9-15-12/h3,7,9H,1,4-6,8,14H2,2H3. The molecule has 0 fully saturated rings. The van der Waals surface area contributed by atoms with Crippen LogP contribution in [0.1, 0.15) is 5.56 Å². The minimum Gasteiger partial charge on any atom is -0.383 e. The summed E-state index contributed by atoms with van der Waals surface area (Å²) in [7, 11) is 1.69. The molecule has 0 unspecified atom stereocenters. The van der Waals surface area contributed by atoms with E-state index in [1.165, 1.54) is 0 Å². The average molecular weight is 300 g/mol. The van der Waals surface area contributed by atoms with Crippen molar-refractivity contribution >= 4 is 21.7 Å². The van der Waals surface area contributed by atoms with Crippen LogP contribution in [0.2, 0.25) is 0 Å². The second-order valence-electron chi connectivity index (χ2n) is 3.57. The highest BCUT2D eigenvalue weighted by atomic mass is 79.9. The van der Waals surface area contributed by atoms with Crippen LogP contribution in [-0.4, -0.2) is 31.8 Å². The summed E-state index contributed by atoms with van der Waals surface area (Å²) in [6.45, 7) is 6.36. The molecule has 17 heavy (non-hydrogen) atoms. The Morgan fingerprint density at radius 2 is 2.41 bits per heavy atom. The van der Waals surface area contributed by atoms with E-state index >= 15 is 0 Å². The molecule has 2 N–H and O–H groups in total. The van der Waals surface area contributed by atoms with E-state index < -0.39 is 0 Å². The summed E-state index contributed by atoms with van der Waals surface area (Å²) in [5, 5.41) is 0. The number of halogens is 1. The monoisotopic (exact) mass is 299 g/mol. The molecule has 5 heteroatoms. The zero-order chi connectivity index (χ0) is 12.7. The van der Waals surface area contributed by atoms with Gasteiger partial charge in [-0.25, -0.2) is 4.98 Å². The minimum absolute atomic E-state index is 0.461. The molecule has 1 rings (SSSR count). The van der Waals surface area contributed by atoms with Crippen LogP contribution in [0.15, 0.2) is 29.4 Å². The van der Waals surface area contributed by atoms with Gasteiger partial charge in [0.05, 0.1) is 6.61 Å². The van der Waals surface area contributed by atoms with Gasteiger partial charge in [-0.1, -0.05) is 6.08 Å². The third-order valence-corrected chi connectivity index (χ3v) is 2.78. The van der Waals surface area contributed by atoms with Crippen LogP contribution in [-0.2, 0) is 11.3 Å².